The van der Waals surface area contributed by atoms with Crippen LogP contribution in [-0.2, 0) is 6.42 Å². The summed E-state index contributed by atoms with van der Waals surface area (Å²) < 4.78 is 0. The van der Waals surface area contributed by atoms with Gasteiger partial charge in [0.15, 0.2) is 0 Å². The van der Waals surface area contributed by atoms with Gasteiger partial charge in [-0.25, -0.2) is 0 Å². The third kappa shape index (κ3) is 6.01. The van der Waals surface area contributed by atoms with E-state index < -0.39 is 0 Å². The van der Waals surface area contributed by atoms with E-state index in [1.807, 2.05) is 25.1 Å². The molecule has 0 aromatic heterocycles. The van der Waals surface area contributed by atoms with E-state index in [1.165, 1.54) is 22.9 Å². The van der Waals surface area contributed by atoms with Crippen LogP contribution in [0.4, 0.5) is 0 Å². The molecule has 0 atom stereocenters. The van der Waals surface area contributed by atoms with E-state index in [1.54, 1.807) is 6.21 Å². The summed E-state index contributed by atoms with van der Waals surface area (Å²) in [5.41, 5.74) is 8.89. The van der Waals surface area contributed by atoms with Gasteiger partial charge in [-0.3, -0.25) is 5.43 Å². The molecule has 0 saturated heterocycles. The predicted octanol–water partition coefficient (Wildman–Crippen LogP) is 6.31. The van der Waals surface area contributed by atoms with Crippen molar-refractivity contribution in [3.8, 4) is 0 Å². The number of allylic oxidation sites excluding steroid dienone is 2. The smallest absolute Gasteiger partial charge is 0.0513 e. The maximum atomic E-state index is 6.23. The minimum atomic E-state index is 0.596. The van der Waals surface area contributed by atoms with Gasteiger partial charge in [-0.15, -0.1) is 0 Å². The quantitative estimate of drug-likeness (QED) is 0.373. The third-order valence-corrected chi connectivity index (χ3v) is 5.05. The number of benzene rings is 2. The highest BCUT2D eigenvalue weighted by Gasteiger charge is 2.08. The van der Waals surface area contributed by atoms with Crippen molar-refractivity contribution < 1.29 is 0 Å². The highest BCUT2D eigenvalue weighted by atomic mass is 35.5. The van der Waals surface area contributed by atoms with Crippen LogP contribution in [0.5, 0.6) is 0 Å². The summed E-state index contributed by atoms with van der Waals surface area (Å²) in [4.78, 5) is 0. The predicted molar refractivity (Wildman–Crippen MR) is 124 cm³/mol. The Morgan fingerprint density at radius 1 is 1.07 bits per heavy atom. The molecule has 0 unspecified atom stereocenters. The second-order valence-corrected chi connectivity index (χ2v) is 7.16. The summed E-state index contributed by atoms with van der Waals surface area (Å²) in [5, 5.41) is 8.56. The van der Waals surface area contributed by atoms with Crippen molar-refractivity contribution in [3.63, 3.8) is 0 Å². The van der Waals surface area contributed by atoms with Gasteiger partial charge in [0, 0.05) is 24.0 Å². The zero-order valence-electron chi connectivity index (χ0n) is 16.2. The van der Waals surface area contributed by atoms with Crippen molar-refractivity contribution in [1.82, 2.24) is 10.7 Å². The van der Waals surface area contributed by atoms with Gasteiger partial charge in [-0.2, -0.15) is 5.10 Å². The molecule has 0 radical (unpaired) electrons. The Labute approximate surface area is 177 Å². The van der Waals surface area contributed by atoms with Crippen LogP contribution in [0.25, 0.3) is 11.3 Å². The maximum absolute atomic E-state index is 6.23. The molecule has 2 aromatic carbocycles. The van der Waals surface area contributed by atoms with Gasteiger partial charge >= 0.3 is 0 Å². The van der Waals surface area contributed by atoms with Gasteiger partial charge in [0.25, 0.3) is 0 Å². The van der Waals surface area contributed by atoms with Crippen molar-refractivity contribution in [2.24, 2.45) is 5.10 Å². The fourth-order valence-corrected chi connectivity index (χ4v) is 3.29. The molecule has 0 aliphatic heterocycles. The molecule has 28 heavy (non-hydrogen) atoms. The van der Waals surface area contributed by atoms with Gasteiger partial charge in [-0.05, 0) is 54.7 Å². The van der Waals surface area contributed by atoms with Crippen molar-refractivity contribution in [2.45, 2.75) is 20.3 Å². The summed E-state index contributed by atoms with van der Waals surface area (Å²) >= 11 is 12.5. The molecule has 5 heteroatoms. The zero-order valence-corrected chi connectivity index (χ0v) is 17.7. The van der Waals surface area contributed by atoms with Crippen LogP contribution in [0.2, 0.25) is 10.0 Å². The molecule has 0 heterocycles. The van der Waals surface area contributed by atoms with Crippen LogP contribution in [0.3, 0.4) is 0 Å². The lowest BCUT2D eigenvalue weighted by molar-refractivity contribution is 0.849. The van der Waals surface area contributed by atoms with Crippen molar-refractivity contribution in [3.05, 3.63) is 94.1 Å². The molecule has 0 aliphatic rings. The SMILES string of the molecule is C=CN/N=C\C(C)=C(/C)c1ccc(CCNC(=C)c2c(Cl)cccc2Cl)cc1. The molecule has 0 saturated carbocycles. The zero-order chi connectivity index (χ0) is 20.5. The largest absolute Gasteiger partial charge is 0.385 e. The molecule has 0 amide bonds. The molecule has 0 aliphatic carbocycles. The second kappa shape index (κ2) is 10.7. The van der Waals surface area contributed by atoms with Gasteiger partial charge in [0.05, 0.1) is 16.3 Å². The second-order valence-electron chi connectivity index (χ2n) is 6.35. The summed E-state index contributed by atoms with van der Waals surface area (Å²) in [5.74, 6) is 0. The number of nitrogens with zero attached hydrogens (tertiary/aromatic N) is 1. The van der Waals surface area contributed by atoms with Crippen molar-refractivity contribution in [1.29, 1.82) is 0 Å². The lowest BCUT2D eigenvalue weighted by Gasteiger charge is -2.13. The third-order valence-electron chi connectivity index (χ3n) is 4.42. The number of hydrogen-bond donors (Lipinski definition) is 2. The first kappa shape index (κ1) is 21.8. The molecule has 2 aromatic rings. The minimum absolute atomic E-state index is 0.596. The Bertz CT molecular complexity index is 876. The normalized spacial score (nSPS) is 11.9. The van der Waals surface area contributed by atoms with E-state index in [0.717, 1.165) is 29.8 Å². The van der Waals surface area contributed by atoms with Crippen LogP contribution in [0, 0.1) is 0 Å². The number of nitrogens with one attached hydrogen (secondary N) is 2. The van der Waals surface area contributed by atoms with E-state index in [4.69, 9.17) is 23.2 Å². The average molecular weight is 414 g/mol. The standard InChI is InChI=1S/C23H25Cl2N3/c1-5-27-28-15-16(2)17(3)20-11-9-19(10-12-20)13-14-26-18(4)23-21(24)7-6-8-22(23)25/h5-12,15,26-27H,1,4,13-14H2,2-3H3/b17-16+,28-15-. The molecular weight excluding hydrogens is 389 g/mol. The van der Waals surface area contributed by atoms with Crippen LogP contribution in [0.1, 0.15) is 30.5 Å². The van der Waals surface area contributed by atoms with E-state index >= 15 is 0 Å². The molecule has 2 N–H and O–H groups in total. The number of hydrazone groups is 1. The summed E-state index contributed by atoms with van der Waals surface area (Å²) in [6.07, 6.45) is 4.20. The molecule has 0 fully saturated rings. The molecule has 146 valence electrons. The minimum Gasteiger partial charge on any atom is -0.385 e. The van der Waals surface area contributed by atoms with Crippen molar-refractivity contribution >= 4 is 40.7 Å². The highest BCUT2D eigenvalue weighted by molar-refractivity contribution is 6.37. The summed E-state index contributed by atoms with van der Waals surface area (Å²) in [7, 11) is 0. The van der Waals surface area contributed by atoms with Gasteiger partial charge < -0.3 is 5.32 Å². The molecule has 3 nitrogen and oxygen atoms in total. The Morgan fingerprint density at radius 2 is 1.71 bits per heavy atom. The monoisotopic (exact) mass is 413 g/mol. The number of halogens is 2. The highest BCUT2D eigenvalue weighted by Crippen LogP contribution is 2.28. The van der Waals surface area contributed by atoms with E-state index in [9.17, 15) is 0 Å². The van der Waals surface area contributed by atoms with Crippen molar-refractivity contribution in [2.75, 3.05) is 6.54 Å². The Balaban J connectivity index is 1.95. The molecule has 2 rings (SSSR count). The molecule has 0 bridgehead atoms. The number of rotatable bonds is 9. The van der Waals surface area contributed by atoms with Crippen LogP contribution < -0.4 is 10.7 Å². The van der Waals surface area contributed by atoms with E-state index in [0.29, 0.717) is 10.0 Å². The fraction of sp³-hybridized carbons (Fsp3) is 0.174. The van der Waals surface area contributed by atoms with Crippen LogP contribution in [-0.4, -0.2) is 12.8 Å². The summed E-state index contributed by atoms with van der Waals surface area (Å²) in [6.45, 7) is 12.5. The topological polar surface area (TPSA) is 36.4 Å². The summed E-state index contributed by atoms with van der Waals surface area (Å²) in [6, 6.07) is 14.0. The maximum Gasteiger partial charge on any atom is 0.0513 e. The Hall–Kier alpha value is -2.49. The van der Waals surface area contributed by atoms with Gasteiger partial charge in [-0.1, -0.05) is 66.7 Å². The fourth-order valence-electron chi connectivity index (χ4n) is 2.66. The Morgan fingerprint density at radius 3 is 2.32 bits per heavy atom. The van der Waals surface area contributed by atoms with Crippen LogP contribution >= 0.6 is 23.2 Å². The first-order valence-corrected chi connectivity index (χ1v) is 9.73. The lowest BCUT2D eigenvalue weighted by atomic mass is 10.0. The van der Waals surface area contributed by atoms with Gasteiger partial charge in [0.1, 0.15) is 0 Å². The first-order chi connectivity index (χ1) is 13.4. The molecule has 0 spiro atoms. The van der Waals surface area contributed by atoms with E-state index in [2.05, 4.69) is 60.2 Å². The lowest BCUT2D eigenvalue weighted by Crippen LogP contribution is -2.15. The van der Waals surface area contributed by atoms with E-state index in [-0.39, 0.29) is 0 Å². The van der Waals surface area contributed by atoms with Gasteiger partial charge in [0.2, 0.25) is 0 Å². The molecular formula is C23H25Cl2N3. The number of hydrogen-bond acceptors (Lipinski definition) is 3. The first-order valence-electron chi connectivity index (χ1n) is 8.97. The van der Waals surface area contributed by atoms with Crippen LogP contribution in [0.15, 0.2) is 72.5 Å². The average Bonchev–Trinajstić information content (AvgIpc) is 2.68. The Kier molecular flexibility index (Phi) is 8.37.